The van der Waals surface area contributed by atoms with Crippen molar-refractivity contribution < 1.29 is 22.4 Å². The second-order valence-corrected chi connectivity index (χ2v) is 9.24. The molecule has 11 heteroatoms. The lowest BCUT2D eigenvalue weighted by Crippen LogP contribution is -2.43. The Bertz CT molecular complexity index is 1170. The zero-order chi connectivity index (χ0) is 20.4. The molecule has 3 heterocycles. The second-order valence-electron chi connectivity index (χ2n) is 6.48. The summed E-state index contributed by atoms with van der Waals surface area (Å²) in [5, 5.41) is 0. The van der Waals surface area contributed by atoms with Gasteiger partial charge in [-0.2, -0.15) is 0 Å². The smallest absolute Gasteiger partial charge is 0.308 e. The number of nitrogens with one attached hydrogen (secondary N) is 1. The maximum atomic E-state index is 12.5. The normalized spacial score (nSPS) is 15.1. The van der Waals surface area contributed by atoms with Crippen molar-refractivity contribution in [2.24, 2.45) is 0 Å². The minimum absolute atomic E-state index is 0.0265. The average molecular weight is 437 g/mol. The predicted octanol–water partition coefficient (Wildman–Crippen LogP) is 0.993. The lowest BCUT2D eigenvalue weighted by atomic mass is 10.3. The first-order valence-electron chi connectivity index (χ1n) is 8.95. The molecule has 4 rings (SSSR count). The number of carbonyl (C=O) groups excluding carboxylic acids is 1. The highest BCUT2D eigenvalue weighted by atomic mass is 32.2. The van der Waals surface area contributed by atoms with Crippen LogP contribution < -0.4 is 9.60 Å². The van der Waals surface area contributed by atoms with Gasteiger partial charge in [0.1, 0.15) is 12.3 Å². The van der Waals surface area contributed by atoms with Gasteiger partial charge in [-0.1, -0.05) is 11.3 Å². The van der Waals surface area contributed by atoms with Gasteiger partial charge < -0.3 is 14.1 Å². The van der Waals surface area contributed by atoms with Crippen LogP contribution in [0.5, 0.6) is 0 Å². The maximum absolute atomic E-state index is 12.5. The van der Waals surface area contributed by atoms with Gasteiger partial charge in [0.05, 0.1) is 41.1 Å². The van der Waals surface area contributed by atoms with E-state index in [1.54, 1.807) is 23.1 Å². The minimum Gasteiger partial charge on any atom is -0.468 e. The van der Waals surface area contributed by atoms with Gasteiger partial charge in [0, 0.05) is 13.1 Å². The topological polar surface area (TPSA) is 111 Å². The molecule has 3 aromatic rings. The van der Waals surface area contributed by atoms with Crippen LogP contribution >= 0.6 is 11.3 Å². The van der Waals surface area contributed by atoms with Crippen LogP contribution in [0.2, 0.25) is 0 Å². The van der Waals surface area contributed by atoms with E-state index in [2.05, 4.69) is 4.72 Å². The highest BCUT2D eigenvalue weighted by molar-refractivity contribution is 7.89. The number of carbonyl (C=O) groups is 1. The summed E-state index contributed by atoms with van der Waals surface area (Å²) < 4.78 is 39.8. The van der Waals surface area contributed by atoms with Crippen LogP contribution in [-0.2, 0) is 32.6 Å². The van der Waals surface area contributed by atoms with Crippen molar-refractivity contribution in [2.75, 3.05) is 26.3 Å². The number of hydrogen-bond donors (Lipinski definition) is 1. The van der Waals surface area contributed by atoms with E-state index in [4.69, 9.17) is 9.15 Å². The first-order valence-corrected chi connectivity index (χ1v) is 11.2. The Labute approximate surface area is 170 Å². The van der Waals surface area contributed by atoms with E-state index in [9.17, 15) is 18.0 Å². The van der Waals surface area contributed by atoms with Gasteiger partial charge in [0.15, 0.2) is 0 Å². The van der Waals surface area contributed by atoms with Crippen molar-refractivity contribution in [3.05, 3.63) is 52.0 Å². The maximum Gasteiger partial charge on any atom is 0.308 e. The lowest BCUT2D eigenvalue weighted by Gasteiger charge is -2.26. The number of fused-ring (bicyclic) bond motifs is 1. The van der Waals surface area contributed by atoms with Gasteiger partial charge in [-0.25, -0.2) is 13.1 Å². The summed E-state index contributed by atoms with van der Waals surface area (Å²) in [4.78, 5) is 26.3. The van der Waals surface area contributed by atoms with Crippen molar-refractivity contribution in [1.29, 1.82) is 0 Å². The number of morpholine rings is 1. The van der Waals surface area contributed by atoms with Crippen molar-refractivity contribution in [3.8, 4) is 0 Å². The highest BCUT2D eigenvalue weighted by Crippen LogP contribution is 2.22. The Hall–Kier alpha value is -2.47. The molecule has 1 aliphatic heterocycles. The third kappa shape index (κ3) is 4.27. The molecule has 1 fully saturated rings. The monoisotopic (exact) mass is 437 g/mol. The molecule has 154 valence electrons. The van der Waals surface area contributed by atoms with Gasteiger partial charge in [-0.05, 0) is 30.3 Å². The zero-order valence-electron chi connectivity index (χ0n) is 15.4. The summed E-state index contributed by atoms with van der Waals surface area (Å²) in [6.45, 7) is 1.91. The average Bonchev–Trinajstić information content (AvgIpc) is 3.35. The van der Waals surface area contributed by atoms with Crippen molar-refractivity contribution in [1.82, 2.24) is 14.2 Å². The van der Waals surface area contributed by atoms with Crippen molar-refractivity contribution in [2.45, 2.75) is 18.0 Å². The first-order chi connectivity index (χ1) is 13.9. The van der Waals surface area contributed by atoms with Crippen molar-refractivity contribution in [3.63, 3.8) is 0 Å². The number of amides is 1. The fourth-order valence-electron chi connectivity index (χ4n) is 3.07. The summed E-state index contributed by atoms with van der Waals surface area (Å²) in [6, 6.07) is 7.77. The number of aromatic nitrogens is 1. The van der Waals surface area contributed by atoms with E-state index in [0.717, 1.165) is 11.3 Å². The predicted molar refractivity (Wildman–Crippen MR) is 106 cm³/mol. The molecule has 1 saturated heterocycles. The molecule has 29 heavy (non-hydrogen) atoms. The number of nitrogens with zero attached hydrogens (tertiary/aromatic N) is 2. The van der Waals surface area contributed by atoms with Crippen LogP contribution in [0.15, 0.2) is 50.7 Å². The molecule has 9 nitrogen and oxygen atoms in total. The Balaban J connectivity index is 1.56. The molecule has 0 radical (unpaired) electrons. The quantitative estimate of drug-likeness (QED) is 0.616. The van der Waals surface area contributed by atoms with Gasteiger partial charge >= 0.3 is 4.87 Å². The second kappa shape index (κ2) is 8.11. The summed E-state index contributed by atoms with van der Waals surface area (Å²) in [5.74, 6) is 0.332. The van der Waals surface area contributed by atoms with Crippen molar-refractivity contribution >= 4 is 37.5 Å². The molecule has 1 aliphatic rings. The Morgan fingerprint density at radius 1 is 1.21 bits per heavy atom. The molecule has 0 unspecified atom stereocenters. The molecular weight excluding hydrogens is 418 g/mol. The number of sulfonamides is 1. The Morgan fingerprint density at radius 3 is 2.72 bits per heavy atom. The molecule has 0 spiro atoms. The highest BCUT2D eigenvalue weighted by Gasteiger charge is 2.21. The Morgan fingerprint density at radius 2 is 2.00 bits per heavy atom. The van der Waals surface area contributed by atoms with Crippen LogP contribution in [-0.4, -0.2) is 50.1 Å². The molecule has 1 amide bonds. The summed E-state index contributed by atoms with van der Waals surface area (Å²) in [7, 11) is -3.78. The molecule has 1 N–H and O–H groups in total. The lowest BCUT2D eigenvalue weighted by molar-refractivity contribution is -0.135. The number of hydrogen-bond acceptors (Lipinski definition) is 7. The summed E-state index contributed by atoms with van der Waals surface area (Å²) in [6.07, 6.45) is 1.47. The minimum atomic E-state index is -3.78. The summed E-state index contributed by atoms with van der Waals surface area (Å²) >= 11 is 0.915. The van der Waals surface area contributed by atoms with Crippen LogP contribution in [0, 0.1) is 0 Å². The van der Waals surface area contributed by atoms with E-state index >= 15 is 0 Å². The summed E-state index contributed by atoms with van der Waals surface area (Å²) in [5.41, 5.74) is 0.534. The SMILES string of the molecule is O=C(Cn1c(=O)sc2cc(S(=O)(=O)NCc3ccco3)ccc21)N1CCOCC1. The van der Waals surface area contributed by atoms with Crippen LogP contribution in [0.1, 0.15) is 5.76 Å². The van der Waals surface area contributed by atoms with Gasteiger partial charge in [-0.15, -0.1) is 0 Å². The van der Waals surface area contributed by atoms with Crippen LogP contribution in [0.25, 0.3) is 10.2 Å². The van der Waals surface area contributed by atoms with E-state index < -0.39 is 10.0 Å². The number of thiazole rings is 1. The molecule has 0 saturated carbocycles. The zero-order valence-corrected chi connectivity index (χ0v) is 17.0. The standard InChI is InChI=1S/C18H19N3O6S2/c22-17(20-5-8-26-9-6-20)12-21-15-4-3-14(10-16(15)28-18(21)23)29(24,25)19-11-13-2-1-7-27-13/h1-4,7,10,19H,5-6,8-9,11-12H2. The molecular formula is C18H19N3O6S2. The molecule has 0 atom stereocenters. The van der Waals surface area contributed by atoms with Gasteiger partial charge in [0.2, 0.25) is 15.9 Å². The number of furan rings is 1. The Kier molecular flexibility index (Phi) is 5.54. The molecule has 2 aromatic heterocycles. The first kappa shape index (κ1) is 19.8. The number of ether oxygens (including phenoxy) is 1. The number of benzene rings is 1. The largest absolute Gasteiger partial charge is 0.468 e. The van der Waals surface area contributed by atoms with E-state index in [0.29, 0.717) is 42.3 Å². The third-order valence-electron chi connectivity index (χ3n) is 4.62. The fraction of sp³-hybridized carbons (Fsp3) is 0.333. The molecule has 0 aliphatic carbocycles. The van der Waals surface area contributed by atoms with Crippen LogP contribution in [0.3, 0.4) is 0 Å². The molecule has 1 aromatic carbocycles. The fourth-order valence-corrected chi connectivity index (χ4v) is 5.10. The molecule has 0 bridgehead atoms. The van der Waals surface area contributed by atoms with E-state index in [1.807, 2.05) is 0 Å². The van der Waals surface area contributed by atoms with Crippen LogP contribution in [0.4, 0.5) is 0 Å². The number of rotatable bonds is 6. The van der Waals surface area contributed by atoms with Gasteiger partial charge in [-0.3, -0.25) is 14.2 Å². The van der Waals surface area contributed by atoms with E-state index in [-0.39, 0.29) is 28.8 Å². The van der Waals surface area contributed by atoms with E-state index in [1.165, 1.54) is 23.0 Å². The third-order valence-corrected chi connectivity index (χ3v) is 6.96. The van der Waals surface area contributed by atoms with Gasteiger partial charge in [0.25, 0.3) is 0 Å².